The van der Waals surface area contributed by atoms with Crippen LogP contribution in [0.1, 0.15) is 31.2 Å². The molecule has 0 aliphatic heterocycles. The lowest BCUT2D eigenvalue weighted by molar-refractivity contribution is 0.0453. The van der Waals surface area contributed by atoms with Gasteiger partial charge in [-0.2, -0.15) is 0 Å². The van der Waals surface area contributed by atoms with Crippen molar-refractivity contribution in [3.05, 3.63) is 21.3 Å². The van der Waals surface area contributed by atoms with Crippen molar-refractivity contribution in [2.24, 2.45) is 5.73 Å². The molecule has 0 aromatic carbocycles. The summed E-state index contributed by atoms with van der Waals surface area (Å²) in [4.78, 5) is 0. The summed E-state index contributed by atoms with van der Waals surface area (Å²) >= 11 is 7.53. The standard InChI is InChI=1S/C10H14ClNOS/c11-9-7(4-6-14-9)10(12)5-2-1-3-8(10)13/h4,6,8,13H,1-3,5,12H2/t8-,10-/m1/s1. The third-order valence-corrected chi connectivity index (χ3v) is 4.20. The van der Waals surface area contributed by atoms with E-state index < -0.39 is 11.6 Å². The molecule has 1 heterocycles. The molecule has 2 atom stereocenters. The van der Waals surface area contributed by atoms with Crippen molar-refractivity contribution < 1.29 is 5.11 Å². The maximum atomic E-state index is 9.95. The van der Waals surface area contributed by atoms with Crippen molar-refractivity contribution in [1.29, 1.82) is 0 Å². The van der Waals surface area contributed by atoms with E-state index in [2.05, 4.69) is 0 Å². The Kier molecular flexibility index (Phi) is 2.84. The minimum atomic E-state index is -0.616. The zero-order valence-electron chi connectivity index (χ0n) is 7.87. The number of aliphatic hydroxyl groups is 1. The van der Waals surface area contributed by atoms with E-state index in [0.29, 0.717) is 4.34 Å². The maximum absolute atomic E-state index is 9.95. The lowest BCUT2D eigenvalue weighted by Gasteiger charge is -2.38. The number of aliphatic hydroxyl groups excluding tert-OH is 1. The fraction of sp³-hybridized carbons (Fsp3) is 0.600. The average Bonchev–Trinajstić information content (AvgIpc) is 2.57. The predicted molar refractivity (Wildman–Crippen MR) is 59.7 cm³/mol. The lowest BCUT2D eigenvalue weighted by Crippen LogP contribution is -2.49. The zero-order chi connectivity index (χ0) is 10.2. The molecule has 1 aromatic rings. The number of thiophene rings is 1. The molecule has 1 aliphatic carbocycles. The first kappa shape index (κ1) is 10.4. The Balaban J connectivity index is 2.34. The van der Waals surface area contributed by atoms with E-state index in [1.807, 2.05) is 11.4 Å². The molecule has 0 unspecified atom stereocenters. The smallest absolute Gasteiger partial charge is 0.0980 e. The van der Waals surface area contributed by atoms with Crippen LogP contribution in [0.5, 0.6) is 0 Å². The molecule has 78 valence electrons. The third kappa shape index (κ3) is 1.58. The lowest BCUT2D eigenvalue weighted by atomic mass is 9.76. The van der Waals surface area contributed by atoms with E-state index in [1.54, 1.807) is 0 Å². The van der Waals surface area contributed by atoms with Crippen molar-refractivity contribution in [3.63, 3.8) is 0 Å². The maximum Gasteiger partial charge on any atom is 0.0980 e. The Morgan fingerprint density at radius 2 is 2.36 bits per heavy atom. The number of hydrogen-bond donors (Lipinski definition) is 2. The quantitative estimate of drug-likeness (QED) is 0.780. The van der Waals surface area contributed by atoms with Crippen molar-refractivity contribution >= 4 is 22.9 Å². The highest BCUT2D eigenvalue weighted by Gasteiger charge is 2.39. The molecular formula is C10H14ClNOS. The molecule has 1 aliphatic rings. The Hall–Kier alpha value is -0.0900. The molecule has 0 radical (unpaired) electrons. The van der Waals surface area contributed by atoms with Crippen LogP contribution < -0.4 is 5.73 Å². The highest BCUT2D eigenvalue weighted by atomic mass is 35.5. The van der Waals surface area contributed by atoms with Crippen LogP contribution in [0.15, 0.2) is 11.4 Å². The van der Waals surface area contributed by atoms with Crippen LogP contribution in [0.25, 0.3) is 0 Å². The van der Waals surface area contributed by atoms with Gasteiger partial charge in [0.1, 0.15) is 0 Å². The predicted octanol–water partition coefficient (Wildman–Crippen LogP) is 2.49. The minimum Gasteiger partial charge on any atom is -0.391 e. The van der Waals surface area contributed by atoms with Gasteiger partial charge in [0.2, 0.25) is 0 Å². The van der Waals surface area contributed by atoms with E-state index in [9.17, 15) is 5.11 Å². The van der Waals surface area contributed by atoms with Crippen molar-refractivity contribution in [3.8, 4) is 0 Å². The largest absolute Gasteiger partial charge is 0.391 e. The first-order chi connectivity index (χ1) is 6.64. The van der Waals surface area contributed by atoms with Gasteiger partial charge in [0.05, 0.1) is 16.0 Å². The highest BCUT2D eigenvalue weighted by Crippen LogP contribution is 2.40. The first-order valence-electron chi connectivity index (χ1n) is 4.85. The van der Waals surface area contributed by atoms with Gasteiger partial charge in [-0.3, -0.25) is 0 Å². The van der Waals surface area contributed by atoms with Crippen molar-refractivity contribution in [1.82, 2.24) is 0 Å². The molecule has 0 bridgehead atoms. The van der Waals surface area contributed by atoms with Crippen molar-refractivity contribution in [2.75, 3.05) is 0 Å². The zero-order valence-corrected chi connectivity index (χ0v) is 9.44. The van der Waals surface area contributed by atoms with Gasteiger partial charge in [-0.1, -0.05) is 24.4 Å². The molecule has 0 spiro atoms. The Bertz CT molecular complexity index is 328. The molecule has 0 amide bonds. The fourth-order valence-electron chi connectivity index (χ4n) is 2.12. The molecule has 2 rings (SSSR count). The Morgan fingerprint density at radius 3 is 2.93 bits per heavy atom. The van der Waals surface area contributed by atoms with E-state index in [-0.39, 0.29) is 0 Å². The molecule has 1 saturated carbocycles. The number of halogens is 1. The number of nitrogens with two attached hydrogens (primary N) is 1. The van der Waals surface area contributed by atoms with E-state index in [1.165, 1.54) is 11.3 Å². The average molecular weight is 232 g/mol. The van der Waals surface area contributed by atoms with E-state index >= 15 is 0 Å². The van der Waals surface area contributed by atoms with Gasteiger partial charge < -0.3 is 10.8 Å². The van der Waals surface area contributed by atoms with Crippen LogP contribution in [-0.4, -0.2) is 11.2 Å². The van der Waals surface area contributed by atoms with Gasteiger partial charge in [0.25, 0.3) is 0 Å². The molecule has 3 N–H and O–H groups in total. The summed E-state index contributed by atoms with van der Waals surface area (Å²) < 4.78 is 0.716. The summed E-state index contributed by atoms with van der Waals surface area (Å²) in [7, 11) is 0. The first-order valence-corrected chi connectivity index (χ1v) is 6.11. The van der Waals surface area contributed by atoms with Gasteiger partial charge in [0.15, 0.2) is 0 Å². The highest BCUT2D eigenvalue weighted by molar-refractivity contribution is 7.14. The molecule has 2 nitrogen and oxygen atoms in total. The molecule has 1 fully saturated rings. The molecule has 14 heavy (non-hydrogen) atoms. The number of hydrogen-bond acceptors (Lipinski definition) is 3. The van der Waals surface area contributed by atoms with Crippen LogP contribution in [0, 0.1) is 0 Å². The summed E-state index contributed by atoms with van der Waals surface area (Å²) in [5, 5.41) is 11.9. The summed E-state index contributed by atoms with van der Waals surface area (Å²) in [6.07, 6.45) is 3.28. The van der Waals surface area contributed by atoms with Gasteiger partial charge in [-0.05, 0) is 24.3 Å². The second-order valence-electron chi connectivity index (χ2n) is 3.91. The Labute approximate surface area is 92.7 Å². The number of rotatable bonds is 1. The third-order valence-electron chi connectivity index (χ3n) is 3.03. The summed E-state index contributed by atoms with van der Waals surface area (Å²) in [6, 6.07) is 1.93. The van der Waals surface area contributed by atoms with Crippen LogP contribution in [0.4, 0.5) is 0 Å². The van der Waals surface area contributed by atoms with Gasteiger partial charge in [-0.25, -0.2) is 0 Å². The van der Waals surface area contributed by atoms with E-state index in [0.717, 1.165) is 31.2 Å². The van der Waals surface area contributed by atoms with Gasteiger partial charge in [-0.15, -0.1) is 11.3 Å². The molecule has 1 aromatic heterocycles. The summed E-state index contributed by atoms with van der Waals surface area (Å²) in [5.41, 5.74) is 6.54. The topological polar surface area (TPSA) is 46.2 Å². The van der Waals surface area contributed by atoms with Crippen LogP contribution >= 0.6 is 22.9 Å². The SMILES string of the molecule is N[C@@]1(c2ccsc2Cl)CCCC[C@H]1O. The van der Waals surface area contributed by atoms with Crippen LogP contribution in [0.2, 0.25) is 4.34 Å². The molecule has 4 heteroatoms. The van der Waals surface area contributed by atoms with Crippen LogP contribution in [-0.2, 0) is 5.54 Å². The van der Waals surface area contributed by atoms with Crippen molar-refractivity contribution in [2.45, 2.75) is 37.3 Å². The Morgan fingerprint density at radius 1 is 1.57 bits per heavy atom. The minimum absolute atomic E-state index is 0.455. The summed E-state index contributed by atoms with van der Waals surface area (Å²) in [5.74, 6) is 0. The van der Waals surface area contributed by atoms with Crippen LogP contribution in [0.3, 0.4) is 0 Å². The normalized spacial score (nSPS) is 33.2. The van der Waals surface area contributed by atoms with E-state index in [4.69, 9.17) is 17.3 Å². The molecule has 0 saturated heterocycles. The summed E-state index contributed by atoms with van der Waals surface area (Å²) in [6.45, 7) is 0. The fourth-order valence-corrected chi connectivity index (χ4v) is 3.22. The second-order valence-corrected chi connectivity index (χ2v) is 5.43. The monoisotopic (exact) mass is 231 g/mol. The molecular weight excluding hydrogens is 218 g/mol. The van der Waals surface area contributed by atoms with Gasteiger partial charge >= 0.3 is 0 Å². The second kappa shape index (κ2) is 3.81. The van der Waals surface area contributed by atoms with Gasteiger partial charge in [0, 0.05) is 5.56 Å².